The Kier molecular flexibility index (Phi) is 4.80. The Morgan fingerprint density at radius 1 is 1.30 bits per heavy atom. The van der Waals surface area contributed by atoms with Crippen LogP contribution in [-0.4, -0.2) is 52.5 Å². The molecule has 4 rings (SSSR count). The molecule has 0 bridgehead atoms. The fourth-order valence-electron chi connectivity index (χ4n) is 3.18. The molecule has 2 amide bonds. The molecule has 1 aromatic carbocycles. The standard InChI is InChI=1S/C19H16F3N5O3/c1-26-14-4-2-3-5-16(14)30-9-13(18(26)29)25-17(28)12-6-15-11(7-23-12)8-24-27(15)10-19(20,21)22/h2-8,13H,9-10H2,1H3,(H,25,28)/t13-/m0/s1. The van der Waals surface area contributed by atoms with E-state index in [0.29, 0.717) is 16.8 Å². The third-order valence-electron chi connectivity index (χ3n) is 4.65. The number of hydrogen-bond acceptors (Lipinski definition) is 5. The molecule has 0 spiro atoms. The van der Waals surface area contributed by atoms with E-state index < -0.39 is 30.6 Å². The van der Waals surface area contributed by atoms with Crippen molar-refractivity contribution in [1.82, 2.24) is 20.1 Å². The van der Waals surface area contributed by atoms with Crippen LogP contribution >= 0.6 is 0 Å². The lowest BCUT2D eigenvalue weighted by molar-refractivity contribution is -0.141. The Morgan fingerprint density at radius 2 is 2.07 bits per heavy atom. The van der Waals surface area contributed by atoms with E-state index >= 15 is 0 Å². The highest BCUT2D eigenvalue weighted by Crippen LogP contribution is 2.30. The molecule has 0 aliphatic carbocycles. The summed E-state index contributed by atoms with van der Waals surface area (Å²) in [4.78, 5) is 30.7. The minimum absolute atomic E-state index is 0.0970. The fraction of sp³-hybridized carbons (Fsp3) is 0.263. The Balaban J connectivity index is 1.56. The fourth-order valence-corrected chi connectivity index (χ4v) is 3.18. The maximum absolute atomic E-state index is 12.7. The van der Waals surface area contributed by atoms with Gasteiger partial charge in [0.15, 0.2) is 0 Å². The van der Waals surface area contributed by atoms with Crippen molar-refractivity contribution in [2.45, 2.75) is 18.8 Å². The molecule has 1 aliphatic heterocycles. The molecule has 8 nitrogen and oxygen atoms in total. The number of pyridine rings is 1. The number of carbonyl (C=O) groups excluding carboxylic acids is 2. The van der Waals surface area contributed by atoms with Gasteiger partial charge in [-0.25, -0.2) is 0 Å². The summed E-state index contributed by atoms with van der Waals surface area (Å²) in [5.41, 5.74) is 0.541. The first-order valence-corrected chi connectivity index (χ1v) is 8.91. The van der Waals surface area contributed by atoms with Crippen LogP contribution in [0.25, 0.3) is 10.9 Å². The van der Waals surface area contributed by atoms with Crippen molar-refractivity contribution < 1.29 is 27.5 Å². The average molecular weight is 419 g/mol. The molecule has 156 valence electrons. The number of hydrogen-bond donors (Lipinski definition) is 1. The molecule has 3 aromatic rings. The third kappa shape index (κ3) is 3.78. The number of halogens is 3. The van der Waals surface area contributed by atoms with Crippen molar-refractivity contribution in [1.29, 1.82) is 0 Å². The van der Waals surface area contributed by atoms with Crippen LogP contribution in [0.2, 0.25) is 0 Å². The van der Waals surface area contributed by atoms with Gasteiger partial charge >= 0.3 is 6.18 Å². The lowest BCUT2D eigenvalue weighted by Crippen LogP contribution is -2.49. The van der Waals surface area contributed by atoms with Crippen LogP contribution in [0.5, 0.6) is 5.75 Å². The van der Waals surface area contributed by atoms with Crippen molar-refractivity contribution >= 4 is 28.4 Å². The number of fused-ring (bicyclic) bond motifs is 2. The molecule has 0 unspecified atom stereocenters. The minimum Gasteiger partial charge on any atom is -0.489 e. The van der Waals surface area contributed by atoms with Gasteiger partial charge in [0.1, 0.15) is 30.6 Å². The molecule has 11 heteroatoms. The van der Waals surface area contributed by atoms with Gasteiger partial charge < -0.3 is 15.0 Å². The Hall–Kier alpha value is -3.63. The Bertz CT molecular complexity index is 1130. The number of likely N-dealkylation sites (N-methyl/N-ethyl adjacent to an activating group) is 1. The second-order valence-electron chi connectivity index (χ2n) is 6.75. The molecule has 1 N–H and O–H groups in total. The number of para-hydroxylation sites is 2. The zero-order valence-corrected chi connectivity index (χ0v) is 15.7. The summed E-state index contributed by atoms with van der Waals surface area (Å²) in [7, 11) is 1.56. The van der Waals surface area contributed by atoms with E-state index in [9.17, 15) is 22.8 Å². The van der Waals surface area contributed by atoms with Crippen LogP contribution in [-0.2, 0) is 11.3 Å². The highest BCUT2D eigenvalue weighted by Gasteiger charge is 2.32. The Labute approximate surface area is 168 Å². The Morgan fingerprint density at radius 3 is 2.83 bits per heavy atom. The molecule has 2 aromatic heterocycles. The van der Waals surface area contributed by atoms with Gasteiger partial charge in [-0.1, -0.05) is 12.1 Å². The first-order valence-electron chi connectivity index (χ1n) is 8.91. The zero-order chi connectivity index (χ0) is 21.5. The quantitative estimate of drug-likeness (QED) is 0.703. The highest BCUT2D eigenvalue weighted by molar-refractivity contribution is 6.03. The largest absolute Gasteiger partial charge is 0.489 e. The minimum atomic E-state index is -4.46. The second kappa shape index (κ2) is 7.32. The summed E-state index contributed by atoms with van der Waals surface area (Å²) in [6.45, 7) is -1.39. The van der Waals surface area contributed by atoms with Crippen molar-refractivity contribution in [3.8, 4) is 5.75 Å². The monoisotopic (exact) mass is 419 g/mol. The van der Waals surface area contributed by atoms with Gasteiger partial charge in [0, 0.05) is 18.6 Å². The van der Waals surface area contributed by atoms with E-state index in [2.05, 4.69) is 15.4 Å². The van der Waals surface area contributed by atoms with Gasteiger partial charge in [0.25, 0.3) is 11.8 Å². The number of nitrogens with one attached hydrogen (secondary N) is 1. The summed E-state index contributed by atoms with van der Waals surface area (Å²) in [6, 6.07) is 7.17. The van der Waals surface area contributed by atoms with Crippen LogP contribution in [0.3, 0.4) is 0 Å². The van der Waals surface area contributed by atoms with E-state index in [0.717, 1.165) is 4.68 Å². The van der Waals surface area contributed by atoms with Gasteiger partial charge in [-0.15, -0.1) is 0 Å². The van der Waals surface area contributed by atoms with Crippen molar-refractivity contribution in [2.75, 3.05) is 18.6 Å². The van der Waals surface area contributed by atoms with Gasteiger partial charge in [-0.3, -0.25) is 19.3 Å². The number of carbonyl (C=O) groups is 2. The van der Waals surface area contributed by atoms with Crippen LogP contribution in [0.1, 0.15) is 10.5 Å². The van der Waals surface area contributed by atoms with E-state index in [1.54, 1.807) is 31.3 Å². The first kappa shape index (κ1) is 19.7. The van der Waals surface area contributed by atoms with Crippen molar-refractivity contribution in [3.05, 3.63) is 48.4 Å². The SMILES string of the molecule is CN1C(=O)[C@@H](NC(=O)c2cc3c(cn2)cnn3CC(F)(F)F)COc2ccccc21. The van der Waals surface area contributed by atoms with E-state index in [1.165, 1.54) is 23.4 Å². The molecular formula is C19H16F3N5O3. The van der Waals surface area contributed by atoms with E-state index in [4.69, 9.17) is 4.74 Å². The molecule has 0 saturated heterocycles. The second-order valence-corrected chi connectivity index (χ2v) is 6.75. The summed E-state index contributed by atoms with van der Waals surface area (Å²) < 4.78 is 44.6. The van der Waals surface area contributed by atoms with E-state index in [-0.39, 0.29) is 17.8 Å². The smallest absolute Gasteiger partial charge is 0.408 e. The molecular weight excluding hydrogens is 403 g/mol. The van der Waals surface area contributed by atoms with Gasteiger partial charge in [0.05, 0.1) is 17.4 Å². The summed E-state index contributed by atoms with van der Waals surface area (Å²) in [5, 5.41) is 6.60. The van der Waals surface area contributed by atoms with Crippen LogP contribution in [0.4, 0.5) is 18.9 Å². The predicted octanol–water partition coefficient (Wildman–Crippen LogP) is 2.15. The molecule has 0 saturated carbocycles. The number of rotatable bonds is 3. The summed E-state index contributed by atoms with van der Waals surface area (Å²) in [5.74, 6) is -0.602. The first-order chi connectivity index (χ1) is 14.2. The number of anilines is 1. The van der Waals surface area contributed by atoms with Crippen molar-refractivity contribution in [2.24, 2.45) is 0 Å². The topological polar surface area (TPSA) is 89.4 Å². The lowest BCUT2D eigenvalue weighted by Gasteiger charge is -2.20. The zero-order valence-electron chi connectivity index (χ0n) is 15.7. The molecule has 0 fully saturated rings. The lowest BCUT2D eigenvalue weighted by atomic mass is 10.2. The summed E-state index contributed by atoms with van der Waals surface area (Å²) in [6.07, 6.45) is -1.96. The molecule has 30 heavy (non-hydrogen) atoms. The average Bonchev–Trinajstić information content (AvgIpc) is 3.05. The van der Waals surface area contributed by atoms with Crippen LogP contribution in [0, 0.1) is 0 Å². The number of benzene rings is 1. The number of nitrogens with zero attached hydrogens (tertiary/aromatic N) is 4. The number of aromatic nitrogens is 3. The molecule has 0 radical (unpaired) electrons. The highest BCUT2D eigenvalue weighted by atomic mass is 19.4. The van der Waals surface area contributed by atoms with Crippen molar-refractivity contribution in [3.63, 3.8) is 0 Å². The molecule has 1 atom stereocenters. The molecule has 1 aliphatic rings. The van der Waals surface area contributed by atoms with Gasteiger partial charge in [0.2, 0.25) is 0 Å². The maximum atomic E-state index is 12.7. The van der Waals surface area contributed by atoms with Gasteiger partial charge in [-0.2, -0.15) is 18.3 Å². The van der Waals surface area contributed by atoms with Gasteiger partial charge in [-0.05, 0) is 18.2 Å². The maximum Gasteiger partial charge on any atom is 0.408 e. The van der Waals surface area contributed by atoms with Crippen LogP contribution in [0.15, 0.2) is 42.7 Å². The number of ether oxygens (including phenoxy) is 1. The summed E-state index contributed by atoms with van der Waals surface area (Å²) >= 11 is 0. The van der Waals surface area contributed by atoms with E-state index in [1.807, 2.05) is 0 Å². The van der Waals surface area contributed by atoms with Crippen LogP contribution < -0.4 is 15.0 Å². The molecule has 3 heterocycles. The predicted molar refractivity (Wildman–Crippen MR) is 100 cm³/mol. The number of amides is 2. The third-order valence-corrected chi connectivity index (χ3v) is 4.65. The normalized spacial score (nSPS) is 16.7. The number of alkyl halides is 3.